The summed E-state index contributed by atoms with van der Waals surface area (Å²) in [5.41, 5.74) is 4.77. The lowest BCUT2D eigenvalue weighted by Gasteiger charge is -2.17. The van der Waals surface area contributed by atoms with Gasteiger partial charge in [-0.05, 0) is 78.5 Å². The van der Waals surface area contributed by atoms with Crippen molar-refractivity contribution < 1.29 is 13.9 Å². The van der Waals surface area contributed by atoms with Crippen LogP contribution in [0.2, 0.25) is 0 Å². The van der Waals surface area contributed by atoms with Crippen LogP contribution in [0.25, 0.3) is 11.1 Å². The van der Waals surface area contributed by atoms with Crippen molar-refractivity contribution in [2.45, 2.75) is 51.9 Å². The standard InChI is InChI=1S/C22H25FO2/c1-4-25-21(24)12-14(2)20-13-17(11-15(3)22(20)23)19-8-6-5-7-18(19)16-9-10-16/h5-8,11,13-14,16H,4,9-10,12H2,1-3H3/t14-/m0/s1. The molecule has 3 heteroatoms. The molecule has 0 spiro atoms. The predicted octanol–water partition coefficient (Wildman–Crippen LogP) is 5.74. The Bertz CT molecular complexity index is 778. The fourth-order valence-electron chi connectivity index (χ4n) is 3.40. The van der Waals surface area contributed by atoms with Gasteiger partial charge in [0, 0.05) is 0 Å². The van der Waals surface area contributed by atoms with Crippen LogP contribution in [-0.2, 0) is 9.53 Å². The summed E-state index contributed by atoms with van der Waals surface area (Å²) in [6.45, 7) is 5.80. The zero-order valence-electron chi connectivity index (χ0n) is 15.1. The Hall–Kier alpha value is -2.16. The molecular weight excluding hydrogens is 315 g/mol. The molecule has 0 bridgehead atoms. The molecule has 3 rings (SSSR count). The molecule has 1 atom stereocenters. The highest BCUT2D eigenvalue weighted by atomic mass is 19.1. The van der Waals surface area contributed by atoms with Gasteiger partial charge in [-0.25, -0.2) is 4.39 Å². The van der Waals surface area contributed by atoms with E-state index in [1.807, 2.05) is 25.1 Å². The van der Waals surface area contributed by atoms with Gasteiger partial charge < -0.3 is 4.74 Å². The van der Waals surface area contributed by atoms with E-state index in [0.717, 1.165) is 5.56 Å². The Kier molecular flexibility index (Phi) is 5.22. The lowest BCUT2D eigenvalue weighted by Crippen LogP contribution is -2.10. The fourth-order valence-corrected chi connectivity index (χ4v) is 3.40. The first-order valence-electron chi connectivity index (χ1n) is 9.06. The topological polar surface area (TPSA) is 26.3 Å². The first-order valence-corrected chi connectivity index (χ1v) is 9.06. The number of carbonyl (C=O) groups is 1. The lowest BCUT2D eigenvalue weighted by atomic mass is 9.89. The van der Waals surface area contributed by atoms with Crippen LogP contribution in [0.5, 0.6) is 0 Å². The van der Waals surface area contributed by atoms with Crippen LogP contribution in [-0.4, -0.2) is 12.6 Å². The second kappa shape index (κ2) is 7.38. The van der Waals surface area contributed by atoms with Crippen LogP contribution < -0.4 is 0 Å². The number of ether oxygens (including phenoxy) is 1. The molecular formula is C22H25FO2. The van der Waals surface area contributed by atoms with E-state index >= 15 is 0 Å². The number of hydrogen-bond donors (Lipinski definition) is 0. The lowest BCUT2D eigenvalue weighted by molar-refractivity contribution is -0.143. The molecule has 0 aliphatic heterocycles. The van der Waals surface area contributed by atoms with E-state index in [9.17, 15) is 9.18 Å². The minimum Gasteiger partial charge on any atom is -0.466 e. The van der Waals surface area contributed by atoms with Gasteiger partial charge in [0.05, 0.1) is 13.0 Å². The highest BCUT2D eigenvalue weighted by Crippen LogP contribution is 2.45. The van der Waals surface area contributed by atoms with E-state index in [0.29, 0.717) is 23.7 Å². The van der Waals surface area contributed by atoms with Crippen LogP contribution in [0, 0.1) is 12.7 Å². The SMILES string of the molecule is CCOC(=O)C[C@H](C)c1cc(-c2ccccc2C2CC2)cc(C)c1F. The van der Waals surface area contributed by atoms with Crippen molar-refractivity contribution in [1.29, 1.82) is 0 Å². The van der Waals surface area contributed by atoms with Gasteiger partial charge in [0.1, 0.15) is 5.82 Å². The Morgan fingerprint density at radius 1 is 1.28 bits per heavy atom. The van der Waals surface area contributed by atoms with Gasteiger partial charge in [-0.3, -0.25) is 4.79 Å². The molecule has 0 unspecified atom stereocenters. The molecule has 0 aromatic heterocycles. The molecule has 1 saturated carbocycles. The molecule has 0 N–H and O–H groups in total. The number of halogens is 1. The quantitative estimate of drug-likeness (QED) is 0.627. The second-order valence-electron chi connectivity index (χ2n) is 6.97. The summed E-state index contributed by atoms with van der Waals surface area (Å²) in [6, 6.07) is 12.2. The highest BCUT2D eigenvalue weighted by molar-refractivity contribution is 5.72. The Morgan fingerprint density at radius 2 is 2.00 bits per heavy atom. The fraction of sp³-hybridized carbons (Fsp3) is 0.409. The molecule has 1 fully saturated rings. The average molecular weight is 340 g/mol. The summed E-state index contributed by atoms with van der Waals surface area (Å²) in [6.07, 6.45) is 2.64. The van der Waals surface area contributed by atoms with Gasteiger partial charge in [0.25, 0.3) is 0 Å². The number of carbonyl (C=O) groups excluding carboxylic acids is 1. The largest absolute Gasteiger partial charge is 0.466 e. The van der Waals surface area contributed by atoms with Gasteiger partial charge >= 0.3 is 5.97 Å². The van der Waals surface area contributed by atoms with Gasteiger partial charge in [-0.2, -0.15) is 0 Å². The first-order chi connectivity index (χ1) is 12.0. The van der Waals surface area contributed by atoms with E-state index in [4.69, 9.17) is 4.74 Å². The molecule has 2 aromatic carbocycles. The van der Waals surface area contributed by atoms with Crippen LogP contribution in [0.1, 0.15) is 61.6 Å². The molecule has 1 aliphatic rings. The van der Waals surface area contributed by atoms with Crippen molar-refractivity contribution in [2.24, 2.45) is 0 Å². The summed E-state index contributed by atoms with van der Waals surface area (Å²) in [7, 11) is 0. The maximum Gasteiger partial charge on any atom is 0.306 e. The minimum absolute atomic E-state index is 0.192. The van der Waals surface area contributed by atoms with Gasteiger partial charge in [0.15, 0.2) is 0 Å². The second-order valence-corrected chi connectivity index (χ2v) is 6.97. The number of aryl methyl sites for hydroxylation is 1. The number of esters is 1. The molecule has 1 aliphatic carbocycles. The van der Waals surface area contributed by atoms with Crippen molar-refractivity contribution in [1.82, 2.24) is 0 Å². The van der Waals surface area contributed by atoms with Gasteiger partial charge in [-0.1, -0.05) is 31.2 Å². The normalized spacial score (nSPS) is 15.0. The number of benzene rings is 2. The van der Waals surface area contributed by atoms with Crippen LogP contribution in [0.15, 0.2) is 36.4 Å². The van der Waals surface area contributed by atoms with E-state index in [-0.39, 0.29) is 24.1 Å². The summed E-state index contributed by atoms with van der Waals surface area (Å²) in [5, 5.41) is 0. The summed E-state index contributed by atoms with van der Waals surface area (Å²) in [4.78, 5) is 11.8. The summed E-state index contributed by atoms with van der Waals surface area (Å²) in [5.74, 6) is -0.0898. The van der Waals surface area contributed by atoms with Crippen molar-refractivity contribution in [3.8, 4) is 11.1 Å². The van der Waals surface area contributed by atoms with Crippen molar-refractivity contribution >= 4 is 5.97 Å². The highest BCUT2D eigenvalue weighted by Gasteiger charge is 2.26. The maximum atomic E-state index is 14.7. The van der Waals surface area contributed by atoms with E-state index in [2.05, 4.69) is 18.2 Å². The van der Waals surface area contributed by atoms with Crippen LogP contribution in [0.4, 0.5) is 4.39 Å². The molecule has 132 valence electrons. The monoisotopic (exact) mass is 340 g/mol. The van der Waals surface area contributed by atoms with Crippen molar-refractivity contribution in [2.75, 3.05) is 6.61 Å². The number of hydrogen-bond acceptors (Lipinski definition) is 2. The molecule has 0 radical (unpaired) electrons. The smallest absolute Gasteiger partial charge is 0.306 e. The van der Waals surface area contributed by atoms with E-state index in [1.54, 1.807) is 13.8 Å². The molecule has 25 heavy (non-hydrogen) atoms. The van der Waals surface area contributed by atoms with Crippen molar-refractivity contribution in [3.63, 3.8) is 0 Å². The molecule has 0 heterocycles. The maximum absolute atomic E-state index is 14.7. The van der Waals surface area contributed by atoms with Gasteiger partial charge in [-0.15, -0.1) is 0 Å². The summed E-state index contributed by atoms with van der Waals surface area (Å²) < 4.78 is 19.7. The Balaban J connectivity index is 1.97. The van der Waals surface area contributed by atoms with E-state index < -0.39 is 0 Å². The molecule has 2 nitrogen and oxygen atoms in total. The molecule has 2 aromatic rings. The third-order valence-corrected chi connectivity index (χ3v) is 4.88. The van der Waals surface area contributed by atoms with Crippen LogP contribution in [0.3, 0.4) is 0 Å². The first kappa shape index (κ1) is 17.7. The van der Waals surface area contributed by atoms with Crippen molar-refractivity contribution in [3.05, 3.63) is 58.9 Å². The zero-order valence-corrected chi connectivity index (χ0v) is 15.1. The zero-order chi connectivity index (χ0) is 18.0. The minimum atomic E-state index is -0.282. The molecule has 0 saturated heterocycles. The Morgan fingerprint density at radius 3 is 2.68 bits per heavy atom. The third-order valence-electron chi connectivity index (χ3n) is 4.88. The van der Waals surface area contributed by atoms with Crippen LogP contribution >= 0.6 is 0 Å². The predicted molar refractivity (Wildman–Crippen MR) is 98.2 cm³/mol. The number of rotatable bonds is 6. The average Bonchev–Trinajstić information content (AvgIpc) is 3.42. The third kappa shape index (κ3) is 3.92. The Labute approximate surface area is 149 Å². The summed E-state index contributed by atoms with van der Waals surface area (Å²) >= 11 is 0. The van der Waals surface area contributed by atoms with Gasteiger partial charge in [0.2, 0.25) is 0 Å². The molecule has 0 amide bonds. The van der Waals surface area contributed by atoms with E-state index in [1.165, 1.54) is 24.0 Å².